The molecule has 0 saturated heterocycles. The van der Waals surface area contributed by atoms with E-state index in [1.807, 2.05) is 0 Å². The maximum Gasteiger partial charge on any atom is 0.123 e. The SMILES string of the molecule is CCCCCCCCCCCCC(C=O)CCCl. The summed E-state index contributed by atoms with van der Waals surface area (Å²) in [6, 6.07) is 0. The number of aldehydes is 1. The van der Waals surface area contributed by atoms with Crippen molar-refractivity contribution in [1.82, 2.24) is 0 Å². The lowest BCUT2D eigenvalue weighted by Gasteiger charge is -2.07. The van der Waals surface area contributed by atoms with E-state index in [-0.39, 0.29) is 5.92 Å². The van der Waals surface area contributed by atoms with Crippen LogP contribution in [0, 0.1) is 5.92 Å². The van der Waals surface area contributed by atoms with Crippen molar-refractivity contribution < 1.29 is 4.79 Å². The van der Waals surface area contributed by atoms with Gasteiger partial charge in [-0.05, 0) is 12.8 Å². The lowest BCUT2D eigenvalue weighted by Crippen LogP contribution is -2.02. The number of carbonyl (C=O) groups is 1. The Labute approximate surface area is 119 Å². The lowest BCUT2D eigenvalue weighted by atomic mass is 9.99. The maximum absolute atomic E-state index is 10.7. The molecule has 0 amide bonds. The Morgan fingerprint density at radius 2 is 1.33 bits per heavy atom. The van der Waals surface area contributed by atoms with E-state index >= 15 is 0 Å². The van der Waals surface area contributed by atoms with E-state index in [0.717, 1.165) is 19.1 Å². The molecule has 0 aromatic heterocycles. The van der Waals surface area contributed by atoms with Crippen LogP contribution in [0.3, 0.4) is 0 Å². The molecular formula is C16H31ClO. The van der Waals surface area contributed by atoms with E-state index in [1.54, 1.807) is 0 Å². The molecule has 1 nitrogen and oxygen atoms in total. The van der Waals surface area contributed by atoms with Gasteiger partial charge >= 0.3 is 0 Å². The largest absolute Gasteiger partial charge is 0.303 e. The van der Waals surface area contributed by atoms with Crippen LogP contribution in [0.2, 0.25) is 0 Å². The monoisotopic (exact) mass is 274 g/mol. The van der Waals surface area contributed by atoms with Crippen molar-refractivity contribution in [3.63, 3.8) is 0 Å². The first-order valence-electron chi connectivity index (χ1n) is 7.86. The van der Waals surface area contributed by atoms with Crippen LogP contribution >= 0.6 is 11.6 Å². The summed E-state index contributed by atoms with van der Waals surface area (Å²) in [6.07, 6.45) is 16.5. The summed E-state index contributed by atoms with van der Waals surface area (Å²) >= 11 is 5.65. The van der Waals surface area contributed by atoms with E-state index in [1.165, 1.54) is 64.2 Å². The van der Waals surface area contributed by atoms with Crippen molar-refractivity contribution in [3.05, 3.63) is 0 Å². The van der Waals surface area contributed by atoms with E-state index in [0.29, 0.717) is 5.88 Å². The van der Waals surface area contributed by atoms with Crippen molar-refractivity contribution in [2.24, 2.45) is 5.92 Å². The fraction of sp³-hybridized carbons (Fsp3) is 0.938. The van der Waals surface area contributed by atoms with E-state index in [4.69, 9.17) is 11.6 Å². The van der Waals surface area contributed by atoms with Gasteiger partial charge in [0.05, 0.1) is 0 Å². The van der Waals surface area contributed by atoms with Gasteiger partial charge in [-0.1, -0.05) is 71.1 Å². The molecule has 0 aromatic rings. The van der Waals surface area contributed by atoms with Crippen LogP contribution in [0.1, 0.15) is 84.0 Å². The quantitative estimate of drug-likeness (QED) is 0.224. The predicted molar refractivity (Wildman–Crippen MR) is 81.4 cm³/mol. The summed E-state index contributed by atoms with van der Waals surface area (Å²) in [5, 5.41) is 0. The average molecular weight is 275 g/mol. The summed E-state index contributed by atoms with van der Waals surface area (Å²) in [4.78, 5) is 10.7. The van der Waals surface area contributed by atoms with Crippen molar-refractivity contribution in [2.45, 2.75) is 84.0 Å². The molecule has 108 valence electrons. The van der Waals surface area contributed by atoms with Gasteiger partial charge in [-0.3, -0.25) is 0 Å². The Hall–Kier alpha value is -0.0400. The zero-order valence-electron chi connectivity index (χ0n) is 12.1. The van der Waals surface area contributed by atoms with Gasteiger partial charge in [0.2, 0.25) is 0 Å². The van der Waals surface area contributed by atoms with Gasteiger partial charge in [0.25, 0.3) is 0 Å². The van der Waals surface area contributed by atoms with Gasteiger partial charge in [0, 0.05) is 11.8 Å². The Morgan fingerprint density at radius 1 is 0.833 bits per heavy atom. The fourth-order valence-electron chi connectivity index (χ4n) is 2.31. The van der Waals surface area contributed by atoms with Crippen molar-refractivity contribution in [1.29, 1.82) is 0 Å². The van der Waals surface area contributed by atoms with E-state index in [9.17, 15) is 4.79 Å². The van der Waals surface area contributed by atoms with Crippen LogP contribution in [0.4, 0.5) is 0 Å². The molecule has 0 bridgehead atoms. The molecule has 0 radical (unpaired) electrons. The Kier molecular flexibility index (Phi) is 15.0. The molecule has 18 heavy (non-hydrogen) atoms. The van der Waals surface area contributed by atoms with Gasteiger partial charge < -0.3 is 4.79 Å². The minimum atomic E-state index is 0.205. The third-order valence-corrected chi connectivity index (χ3v) is 3.82. The first kappa shape index (κ1) is 18.0. The topological polar surface area (TPSA) is 17.1 Å². The summed E-state index contributed by atoms with van der Waals surface area (Å²) in [6.45, 7) is 2.26. The molecule has 0 N–H and O–H groups in total. The number of hydrogen-bond donors (Lipinski definition) is 0. The molecule has 0 saturated carbocycles. The van der Waals surface area contributed by atoms with E-state index < -0.39 is 0 Å². The summed E-state index contributed by atoms with van der Waals surface area (Å²) in [5.74, 6) is 0.817. The van der Waals surface area contributed by atoms with Crippen molar-refractivity contribution in [3.8, 4) is 0 Å². The number of carbonyl (C=O) groups excluding carboxylic acids is 1. The molecule has 0 heterocycles. The first-order valence-corrected chi connectivity index (χ1v) is 8.39. The molecule has 2 heteroatoms. The Balaban J connectivity index is 3.13. The first-order chi connectivity index (χ1) is 8.85. The number of rotatable bonds is 14. The molecule has 1 unspecified atom stereocenters. The summed E-state index contributed by atoms with van der Waals surface area (Å²) < 4.78 is 0. The second-order valence-corrected chi connectivity index (χ2v) is 5.72. The fourth-order valence-corrected chi connectivity index (χ4v) is 2.59. The second kappa shape index (κ2) is 15.0. The highest BCUT2D eigenvalue weighted by molar-refractivity contribution is 6.17. The summed E-state index contributed by atoms with van der Waals surface area (Å²) in [7, 11) is 0. The van der Waals surface area contributed by atoms with Crippen molar-refractivity contribution in [2.75, 3.05) is 5.88 Å². The average Bonchev–Trinajstić information content (AvgIpc) is 2.39. The highest BCUT2D eigenvalue weighted by Crippen LogP contribution is 2.15. The zero-order valence-corrected chi connectivity index (χ0v) is 12.9. The van der Waals surface area contributed by atoms with Crippen LogP contribution in [0.5, 0.6) is 0 Å². The standard InChI is InChI=1S/C16H31ClO/c1-2-3-4-5-6-7-8-9-10-11-12-16(15-18)13-14-17/h15-16H,2-14H2,1H3. The molecule has 0 aromatic carbocycles. The van der Waals surface area contributed by atoms with Gasteiger partial charge in [0.1, 0.15) is 6.29 Å². The van der Waals surface area contributed by atoms with Gasteiger partial charge in [-0.15, -0.1) is 11.6 Å². The van der Waals surface area contributed by atoms with E-state index in [2.05, 4.69) is 6.92 Å². The Morgan fingerprint density at radius 3 is 1.78 bits per heavy atom. The molecule has 1 atom stereocenters. The lowest BCUT2D eigenvalue weighted by molar-refractivity contribution is -0.111. The van der Waals surface area contributed by atoms with Crippen LogP contribution < -0.4 is 0 Å². The van der Waals surface area contributed by atoms with Crippen LogP contribution in [0.25, 0.3) is 0 Å². The van der Waals surface area contributed by atoms with Crippen molar-refractivity contribution >= 4 is 17.9 Å². The molecular weight excluding hydrogens is 244 g/mol. The molecule has 0 spiro atoms. The molecule has 0 rings (SSSR count). The molecule has 0 aliphatic carbocycles. The van der Waals surface area contributed by atoms with Crippen LogP contribution in [-0.4, -0.2) is 12.2 Å². The highest BCUT2D eigenvalue weighted by Gasteiger charge is 2.05. The zero-order chi connectivity index (χ0) is 13.5. The minimum absolute atomic E-state index is 0.205. The van der Waals surface area contributed by atoms with Gasteiger partial charge in [-0.25, -0.2) is 0 Å². The Bertz CT molecular complexity index is 170. The second-order valence-electron chi connectivity index (χ2n) is 5.34. The van der Waals surface area contributed by atoms with Crippen LogP contribution in [0.15, 0.2) is 0 Å². The summed E-state index contributed by atoms with van der Waals surface area (Å²) in [5.41, 5.74) is 0. The maximum atomic E-state index is 10.7. The molecule has 0 fully saturated rings. The molecule has 0 aliphatic heterocycles. The van der Waals surface area contributed by atoms with Gasteiger partial charge in [-0.2, -0.15) is 0 Å². The van der Waals surface area contributed by atoms with Crippen LogP contribution in [-0.2, 0) is 4.79 Å². The highest BCUT2D eigenvalue weighted by atomic mass is 35.5. The van der Waals surface area contributed by atoms with Gasteiger partial charge in [0.15, 0.2) is 0 Å². The number of alkyl halides is 1. The number of halogens is 1. The number of unbranched alkanes of at least 4 members (excludes halogenated alkanes) is 9. The predicted octanol–water partition coefficient (Wildman–Crippen LogP) is 5.74. The minimum Gasteiger partial charge on any atom is -0.303 e. The molecule has 0 aliphatic rings. The normalized spacial score (nSPS) is 12.6. The number of hydrogen-bond acceptors (Lipinski definition) is 1. The third kappa shape index (κ3) is 12.4. The third-order valence-electron chi connectivity index (χ3n) is 3.60. The smallest absolute Gasteiger partial charge is 0.123 e.